The summed E-state index contributed by atoms with van der Waals surface area (Å²) < 4.78 is 5.58. The van der Waals surface area contributed by atoms with Gasteiger partial charge in [-0.3, -0.25) is 14.9 Å². The fourth-order valence-corrected chi connectivity index (χ4v) is 1.99. The third-order valence-electron chi connectivity index (χ3n) is 3.26. The van der Waals surface area contributed by atoms with Gasteiger partial charge in [-0.2, -0.15) is 0 Å². The Morgan fingerprint density at radius 2 is 1.73 bits per heavy atom. The maximum atomic E-state index is 11.1. The van der Waals surface area contributed by atoms with Crippen LogP contribution < -0.4 is 4.74 Å². The highest BCUT2D eigenvalue weighted by molar-refractivity contribution is 5.77. The largest absolute Gasteiger partial charge is 0.450 e. The number of carbonyl (C=O) groups is 1. The van der Waals surface area contributed by atoms with Crippen LogP contribution in [0, 0.1) is 10.1 Å². The van der Waals surface area contributed by atoms with Crippen LogP contribution in [0.1, 0.15) is 36.7 Å². The summed E-state index contributed by atoms with van der Waals surface area (Å²) in [6.45, 7) is 6.31. The van der Waals surface area contributed by atoms with Gasteiger partial charge in [0, 0.05) is 11.6 Å². The zero-order chi connectivity index (χ0) is 16.3. The van der Waals surface area contributed by atoms with Crippen LogP contribution in [0.5, 0.6) is 11.5 Å². The van der Waals surface area contributed by atoms with Crippen LogP contribution in [0.25, 0.3) is 0 Å². The number of carbonyl (C=O) groups excluding carboxylic acids is 1. The van der Waals surface area contributed by atoms with Gasteiger partial charge in [-0.25, -0.2) is 0 Å². The smallest absolute Gasteiger partial charge is 0.312 e. The normalized spacial score (nSPS) is 11.0. The van der Waals surface area contributed by atoms with E-state index in [1.54, 1.807) is 12.1 Å². The number of ether oxygens (including phenoxy) is 1. The molecule has 0 heterocycles. The number of nitro benzene ring substituents is 1. The van der Waals surface area contributed by atoms with Crippen LogP contribution in [-0.2, 0) is 5.41 Å². The van der Waals surface area contributed by atoms with Crippen molar-refractivity contribution >= 4 is 12.0 Å². The van der Waals surface area contributed by atoms with E-state index in [1.165, 1.54) is 18.2 Å². The van der Waals surface area contributed by atoms with Gasteiger partial charge in [0.15, 0.2) is 0 Å². The van der Waals surface area contributed by atoms with Crippen LogP contribution in [0.15, 0.2) is 42.5 Å². The van der Waals surface area contributed by atoms with Crippen LogP contribution in [0.2, 0.25) is 0 Å². The first kappa shape index (κ1) is 15.7. The minimum absolute atomic E-state index is 0.0239. The molecular weight excluding hydrogens is 282 g/mol. The third-order valence-corrected chi connectivity index (χ3v) is 3.26. The van der Waals surface area contributed by atoms with E-state index in [2.05, 4.69) is 20.8 Å². The third kappa shape index (κ3) is 3.49. The highest BCUT2D eigenvalue weighted by Gasteiger charge is 2.17. The van der Waals surface area contributed by atoms with E-state index in [0.717, 1.165) is 5.56 Å². The molecule has 0 saturated heterocycles. The lowest BCUT2D eigenvalue weighted by molar-refractivity contribution is -0.385. The molecule has 0 aliphatic heterocycles. The minimum Gasteiger partial charge on any atom is -0.450 e. The van der Waals surface area contributed by atoms with Crippen molar-refractivity contribution in [1.29, 1.82) is 0 Å². The number of rotatable bonds is 4. The first-order chi connectivity index (χ1) is 10.3. The molecule has 2 aromatic rings. The molecule has 2 rings (SSSR count). The maximum absolute atomic E-state index is 11.1. The summed E-state index contributed by atoms with van der Waals surface area (Å²) >= 11 is 0. The molecule has 2 aromatic carbocycles. The minimum atomic E-state index is -0.564. The van der Waals surface area contributed by atoms with Gasteiger partial charge in [-0.05, 0) is 35.2 Å². The average molecular weight is 299 g/mol. The SMILES string of the molecule is CC(C)(C)c1ccc(Oc2ccc(C=O)cc2[N+](=O)[O-])cc1. The number of nitrogens with zero attached hydrogens (tertiary/aromatic N) is 1. The Morgan fingerprint density at radius 3 is 2.23 bits per heavy atom. The monoisotopic (exact) mass is 299 g/mol. The van der Waals surface area contributed by atoms with E-state index < -0.39 is 4.92 Å². The number of hydrogen-bond donors (Lipinski definition) is 0. The fourth-order valence-electron chi connectivity index (χ4n) is 1.99. The van der Waals surface area contributed by atoms with Gasteiger partial charge in [-0.15, -0.1) is 0 Å². The molecule has 0 N–H and O–H groups in total. The van der Waals surface area contributed by atoms with Gasteiger partial charge in [0.1, 0.15) is 12.0 Å². The zero-order valence-corrected chi connectivity index (χ0v) is 12.7. The topological polar surface area (TPSA) is 69.4 Å². The van der Waals surface area contributed by atoms with Crippen molar-refractivity contribution in [2.45, 2.75) is 26.2 Å². The van der Waals surface area contributed by atoms with Gasteiger partial charge in [0.05, 0.1) is 4.92 Å². The Kier molecular flexibility index (Phi) is 4.26. The molecule has 0 aliphatic rings. The van der Waals surface area contributed by atoms with Crippen molar-refractivity contribution in [2.75, 3.05) is 0 Å². The van der Waals surface area contributed by atoms with Crippen molar-refractivity contribution in [2.24, 2.45) is 0 Å². The van der Waals surface area contributed by atoms with E-state index in [0.29, 0.717) is 12.0 Å². The van der Waals surface area contributed by atoms with E-state index >= 15 is 0 Å². The fraction of sp³-hybridized carbons (Fsp3) is 0.235. The number of nitro groups is 1. The van der Waals surface area contributed by atoms with Gasteiger partial charge < -0.3 is 4.74 Å². The molecule has 0 unspecified atom stereocenters. The van der Waals surface area contributed by atoms with Crippen LogP contribution in [0.4, 0.5) is 5.69 Å². The molecule has 0 radical (unpaired) electrons. The summed E-state index contributed by atoms with van der Waals surface area (Å²) in [5.41, 5.74) is 1.17. The average Bonchev–Trinajstić information content (AvgIpc) is 2.47. The molecule has 0 aliphatic carbocycles. The van der Waals surface area contributed by atoms with Gasteiger partial charge in [-0.1, -0.05) is 32.9 Å². The second-order valence-electron chi connectivity index (χ2n) is 5.98. The first-order valence-corrected chi connectivity index (χ1v) is 6.83. The van der Waals surface area contributed by atoms with Crippen molar-refractivity contribution in [3.05, 3.63) is 63.7 Å². The Labute approximate surface area is 128 Å². The highest BCUT2D eigenvalue weighted by Crippen LogP contribution is 2.33. The van der Waals surface area contributed by atoms with Crippen molar-refractivity contribution in [1.82, 2.24) is 0 Å². The van der Waals surface area contributed by atoms with Gasteiger partial charge in [0.2, 0.25) is 5.75 Å². The highest BCUT2D eigenvalue weighted by atomic mass is 16.6. The quantitative estimate of drug-likeness (QED) is 0.473. The molecular formula is C17H17NO4. The van der Waals surface area contributed by atoms with Gasteiger partial charge in [0.25, 0.3) is 0 Å². The summed E-state index contributed by atoms with van der Waals surface area (Å²) in [6, 6.07) is 11.5. The lowest BCUT2D eigenvalue weighted by Gasteiger charge is -2.19. The maximum Gasteiger partial charge on any atom is 0.312 e. The molecule has 114 valence electrons. The summed E-state index contributed by atoms with van der Waals surface area (Å²) in [5, 5.41) is 11.1. The lowest BCUT2D eigenvalue weighted by atomic mass is 9.87. The van der Waals surface area contributed by atoms with Crippen molar-refractivity contribution in [3.8, 4) is 11.5 Å². The summed E-state index contributed by atoms with van der Waals surface area (Å²) in [7, 11) is 0. The molecule has 22 heavy (non-hydrogen) atoms. The number of benzene rings is 2. The molecule has 0 spiro atoms. The van der Waals surface area contributed by atoms with Crippen LogP contribution in [-0.4, -0.2) is 11.2 Å². The predicted octanol–water partition coefficient (Wildman–Crippen LogP) is 4.50. The van der Waals surface area contributed by atoms with Crippen LogP contribution in [0.3, 0.4) is 0 Å². The summed E-state index contributed by atoms with van der Waals surface area (Å²) in [5.74, 6) is 0.620. The Hall–Kier alpha value is -2.69. The zero-order valence-electron chi connectivity index (χ0n) is 12.7. The number of aldehydes is 1. The van der Waals surface area contributed by atoms with Crippen molar-refractivity contribution < 1.29 is 14.5 Å². The van der Waals surface area contributed by atoms with E-state index in [1.807, 2.05) is 12.1 Å². The molecule has 0 amide bonds. The van der Waals surface area contributed by atoms with E-state index in [-0.39, 0.29) is 22.4 Å². The standard InChI is InChI=1S/C17H17NO4/c1-17(2,3)13-5-7-14(8-6-13)22-16-9-4-12(11-19)10-15(16)18(20)21/h4-11H,1-3H3. The molecule has 5 nitrogen and oxygen atoms in total. The molecule has 0 fully saturated rings. The second kappa shape index (κ2) is 5.97. The molecule has 5 heteroatoms. The van der Waals surface area contributed by atoms with E-state index in [9.17, 15) is 14.9 Å². The predicted molar refractivity (Wildman–Crippen MR) is 83.7 cm³/mol. The Balaban J connectivity index is 2.31. The summed E-state index contributed by atoms with van der Waals surface area (Å²) in [6.07, 6.45) is 0.564. The first-order valence-electron chi connectivity index (χ1n) is 6.83. The molecule has 0 saturated carbocycles. The Bertz CT molecular complexity index is 700. The second-order valence-corrected chi connectivity index (χ2v) is 5.98. The van der Waals surface area contributed by atoms with Crippen molar-refractivity contribution in [3.63, 3.8) is 0 Å². The lowest BCUT2D eigenvalue weighted by Crippen LogP contribution is -2.10. The summed E-state index contributed by atoms with van der Waals surface area (Å²) in [4.78, 5) is 21.2. The molecule has 0 aromatic heterocycles. The van der Waals surface area contributed by atoms with Crippen LogP contribution >= 0.6 is 0 Å². The molecule has 0 bridgehead atoms. The van der Waals surface area contributed by atoms with E-state index in [4.69, 9.17) is 4.74 Å². The Morgan fingerprint density at radius 1 is 1.09 bits per heavy atom. The molecule has 0 atom stereocenters. The number of hydrogen-bond acceptors (Lipinski definition) is 4. The van der Waals surface area contributed by atoms with Gasteiger partial charge >= 0.3 is 5.69 Å².